The average Bonchev–Trinajstić information content (AvgIpc) is 2.82. The molecule has 0 amide bonds. The Labute approximate surface area is 114 Å². The third-order valence-electron chi connectivity index (χ3n) is 4.49. The van der Waals surface area contributed by atoms with Gasteiger partial charge in [0.2, 0.25) is 0 Å². The van der Waals surface area contributed by atoms with Crippen LogP contribution >= 0.6 is 0 Å². The quantitative estimate of drug-likeness (QED) is 0.848. The maximum absolute atomic E-state index is 13.8. The number of likely N-dealkylation sites (N-methyl/N-ethyl adjacent to an activating group) is 1. The highest BCUT2D eigenvalue weighted by molar-refractivity contribution is 5.20. The third-order valence-corrected chi connectivity index (χ3v) is 4.49. The van der Waals surface area contributed by atoms with E-state index in [1.807, 2.05) is 0 Å². The minimum Gasteiger partial charge on any atom is -0.313 e. The normalized spacial score (nSPS) is 19.6. The number of hydrogen-bond donors (Lipinski definition) is 1. The van der Waals surface area contributed by atoms with E-state index in [1.165, 1.54) is 31.7 Å². The molecule has 1 fully saturated rings. The summed E-state index contributed by atoms with van der Waals surface area (Å²) in [6, 6.07) is 4.68. The van der Waals surface area contributed by atoms with E-state index >= 15 is 0 Å². The Hall–Kier alpha value is -0.960. The van der Waals surface area contributed by atoms with Gasteiger partial charge in [0, 0.05) is 6.04 Å². The first kappa shape index (κ1) is 14.4. The first-order valence-electron chi connectivity index (χ1n) is 7.23. The molecule has 1 aliphatic carbocycles. The molecule has 0 saturated heterocycles. The van der Waals surface area contributed by atoms with E-state index in [2.05, 4.69) is 19.2 Å². The van der Waals surface area contributed by atoms with E-state index in [0.717, 1.165) is 6.54 Å². The minimum atomic E-state index is -0.746. The van der Waals surface area contributed by atoms with Crippen LogP contribution in [-0.4, -0.2) is 12.6 Å². The SMILES string of the molecule is CCNC(Cc1cccc(F)c1F)C1(C)CCCC1. The molecule has 19 heavy (non-hydrogen) atoms. The van der Waals surface area contributed by atoms with Gasteiger partial charge in [-0.15, -0.1) is 0 Å². The highest BCUT2D eigenvalue weighted by atomic mass is 19.2. The van der Waals surface area contributed by atoms with E-state index < -0.39 is 11.6 Å². The van der Waals surface area contributed by atoms with Crippen LogP contribution in [0.25, 0.3) is 0 Å². The number of hydrogen-bond acceptors (Lipinski definition) is 1. The molecule has 1 saturated carbocycles. The van der Waals surface area contributed by atoms with Gasteiger partial charge in [0.05, 0.1) is 0 Å². The van der Waals surface area contributed by atoms with Crippen molar-refractivity contribution in [2.45, 2.75) is 52.0 Å². The van der Waals surface area contributed by atoms with E-state index in [0.29, 0.717) is 12.0 Å². The van der Waals surface area contributed by atoms with Crippen molar-refractivity contribution in [3.63, 3.8) is 0 Å². The lowest BCUT2D eigenvalue weighted by Gasteiger charge is -2.35. The van der Waals surface area contributed by atoms with Crippen LogP contribution in [0, 0.1) is 17.0 Å². The van der Waals surface area contributed by atoms with Gasteiger partial charge in [-0.2, -0.15) is 0 Å². The molecular weight excluding hydrogens is 244 g/mol. The Kier molecular flexibility index (Phi) is 4.56. The van der Waals surface area contributed by atoms with E-state index in [1.54, 1.807) is 12.1 Å². The van der Waals surface area contributed by atoms with Crippen LogP contribution in [0.5, 0.6) is 0 Å². The standard InChI is InChI=1S/C16H23F2N/c1-3-19-14(16(2)9-4-5-10-16)11-12-7-6-8-13(17)15(12)18/h6-8,14,19H,3-5,9-11H2,1-2H3. The second kappa shape index (κ2) is 6.00. The summed E-state index contributed by atoms with van der Waals surface area (Å²) >= 11 is 0. The van der Waals surface area contributed by atoms with Gasteiger partial charge in [0.15, 0.2) is 11.6 Å². The molecule has 0 aliphatic heterocycles. The van der Waals surface area contributed by atoms with Gasteiger partial charge in [-0.25, -0.2) is 8.78 Å². The minimum absolute atomic E-state index is 0.203. The summed E-state index contributed by atoms with van der Waals surface area (Å²) in [6.45, 7) is 5.19. The number of benzene rings is 1. The van der Waals surface area contributed by atoms with E-state index in [4.69, 9.17) is 0 Å². The predicted octanol–water partition coefficient (Wildman–Crippen LogP) is 4.07. The lowest BCUT2D eigenvalue weighted by Crippen LogP contribution is -2.44. The van der Waals surface area contributed by atoms with Gasteiger partial charge < -0.3 is 5.32 Å². The molecule has 3 heteroatoms. The zero-order valence-electron chi connectivity index (χ0n) is 11.8. The monoisotopic (exact) mass is 267 g/mol. The molecular formula is C16H23F2N. The molecule has 0 bridgehead atoms. The zero-order valence-corrected chi connectivity index (χ0v) is 11.8. The molecule has 1 nitrogen and oxygen atoms in total. The third kappa shape index (κ3) is 3.14. The summed E-state index contributed by atoms with van der Waals surface area (Å²) in [7, 11) is 0. The molecule has 0 heterocycles. The number of nitrogens with one attached hydrogen (secondary N) is 1. The van der Waals surface area contributed by atoms with Crippen LogP contribution in [0.4, 0.5) is 8.78 Å². The fourth-order valence-electron chi connectivity index (χ4n) is 3.27. The largest absolute Gasteiger partial charge is 0.313 e. The van der Waals surface area contributed by atoms with Crippen molar-refractivity contribution in [1.82, 2.24) is 5.32 Å². The number of halogens is 2. The highest BCUT2D eigenvalue weighted by Crippen LogP contribution is 2.41. The maximum Gasteiger partial charge on any atom is 0.162 e. The molecule has 1 atom stereocenters. The summed E-state index contributed by atoms with van der Waals surface area (Å²) < 4.78 is 27.1. The van der Waals surface area contributed by atoms with Crippen LogP contribution < -0.4 is 5.32 Å². The van der Waals surface area contributed by atoms with Crippen molar-refractivity contribution in [2.75, 3.05) is 6.54 Å². The molecule has 0 radical (unpaired) electrons. The van der Waals surface area contributed by atoms with Crippen LogP contribution in [0.1, 0.15) is 45.1 Å². The molecule has 1 N–H and O–H groups in total. The van der Waals surface area contributed by atoms with Gasteiger partial charge in [-0.1, -0.05) is 38.8 Å². The molecule has 1 aromatic carbocycles. The topological polar surface area (TPSA) is 12.0 Å². The summed E-state index contributed by atoms with van der Waals surface area (Å²) in [5.41, 5.74) is 0.688. The molecule has 1 unspecified atom stereocenters. The molecule has 2 rings (SSSR count). The van der Waals surface area contributed by atoms with Gasteiger partial charge >= 0.3 is 0 Å². The molecule has 106 valence electrons. The van der Waals surface area contributed by atoms with E-state index in [-0.39, 0.29) is 11.5 Å². The summed E-state index contributed by atoms with van der Waals surface area (Å²) in [4.78, 5) is 0. The number of rotatable bonds is 5. The molecule has 1 aliphatic rings. The maximum atomic E-state index is 13.8. The van der Waals surface area contributed by atoms with Crippen molar-refractivity contribution in [1.29, 1.82) is 0 Å². The zero-order chi connectivity index (χ0) is 13.9. The van der Waals surface area contributed by atoms with Gasteiger partial charge in [-0.3, -0.25) is 0 Å². The smallest absolute Gasteiger partial charge is 0.162 e. The Morgan fingerprint density at radius 3 is 2.58 bits per heavy atom. The van der Waals surface area contributed by atoms with Crippen molar-refractivity contribution in [3.8, 4) is 0 Å². The molecule has 1 aromatic rings. The van der Waals surface area contributed by atoms with Crippen LogP contribution in [0.15, 0.2) is 18.2 Å². The lowest BCUT2D eigenvalue weighted by atomic mass is 9.77. The van der Waals surface area contributed by atoms with Gasteiger partial charge in [0.1, 0.15) is 0 Å². The Morgan fingerprint density at radius 2 is 1.95 bits per heavy atom. The second-order valence-electron chi connectivity index (χ2n) is 5.89. The van der Waals surface area contributed by atoms with Crippen LogP contribution in [-0.2, 0) is 6.42 Å². The van der Waals surface area contributed by atoms with Crippen molar-refractivity contribution < 1.29 is 8.78 Å². The summed E-state index contributed by atoms with van der Waals surface area (Å²) in [6.07, 6.45) is 5.38. The van der Waals surface area contributed by atoms with Crippen molar-refractivity contribution in [2.24, 2.45) is 5.41 Å². The summed E-state index contributed by atoms with van der Waals surface area (Å²) in [5, 5.41) is 3.47. The second-order valence-corrected chi connectivity index (χ2v) is 5.89. The van der Waals surface area contributed by atoms with Gasteiger partial charge in [0.25, 0.3) is 0 Å². The van der Waals surface area contributed by atoms with Crippen molar-refractivity contribution in [3.05, 3.63) is 35.4 Å². The lowest BCUT2D eigenvalue weighted by molar-refractivity contribution is 0.220. The average molecular weight is 267 g/mol. The fraction of sp³-hybridized carbons (Fsp3) is 0.625. The molecule has 0 spiro atoms. The van der Waals surface area contributed by atoms with Crippen molar-refractivity contribution >= 4 is 0 Å². The van der Waals surface area contributed by atoms with Crippen LogP contribution in [0.3, 0.4) is 0 Å². The first-order chi connectivity index (χ1) is 9.07. The Morgan fingerprint density at radius 1 is 1.26 bits per heavy atom. The molecule has 0 aromatic heterocycles. The fourth-order valence-corrected chi connectivity index (χ4v) is 3.27. The van der Waals surface area contributed by atoms with Crippen LogP contribution in [0.2, 0.25) is 0 Å². The Balaban J connectivity index is 2.18. The summed E-state index contributed by atoms with van der Waals surface area (Å²) in [5.74, 6) is -1.43. The Bertz CT molecular complexity index is 425. The highest BCUT2D eigenvalue weighted by Gasteiger charge is 2.36. The first-order valence-corrected chi connectivity index (χ1v) is 7.23. The van der Waals surface area contributed by atoms with Gasteiger partial charge in [-0.05, 0) is 42.9 Å². The van der Waals surface area contributed by atoms with E-state index in [9.17, 15) is 8.78 Å². The predicted molar refractivity (Wildman–Crippen MR) is 74.1 cm³/mol.